The lowest BCUT2D eigenvalue weighted by molar-refractivity contribution is 0.0374. The minimum absolute atomic E-state index is 0.392. The maximum Gasteiger partial charge on any atom is 0.0813 e. The van der Waals surface area contributed by atoms with E-state index < -0.39 is 6.10 Å². The zero-order valence-corrected chi connectivity index (χ0v) is 11.1. The zero-order chi connectivity index (χ0) is 11.1. The van der Waals surface area contributed by atoms with Crippen LogP contribution >= 0.6 is 22.6 Å². The van der Waals surface area contributed by atoms with Crippen molar-refractivity contribution in [2.45, 2.75) is 25.9 Å². The molecule has 0 saturated heterocycles. The summed E-state index contributed by atoms with van der Waals surface area (Å²) in [5.74, 6) is 0. The Hall–Kier alpha value is -0.130. The number of halogens is 1. The van der Waals surface area contributed by atoms with Gasteiger partial charge in [0.25, 0.3) is 0 Å². The average Bonchev–Trinajstić information content (AvgIpc) is 2.22. The van der Waals surface area contributed by atoms with E-state index in [0.717, 1.165) is 18.6 Å². The molecule has 1 rings (SSSR count). The summed E-state index contributed by atoms with van der Waals surface area (Å²) < 4.78 is 6.50. The molecule has 0 amide bonds. The van der Waals surface area contributed by atoms with Gasteiger partial charge in [0.05, 0.1) is 12.7 Å². The van der Waals surface area contributed by atoms with Crippen LogP contribution in [0.25, 0.3) is 0 Å². The smallest absolute Gasteiger partial charge is 0.0813 e. The van der Waals surface area contributed by atoms with Gasteiger partial charge in [-0.1, -0.05) is 19.1 Å². The molecule has 0 spiro atoms. The lowest BCUT2D eigenvalue weighted by atomic mass is 10.1. The highest BCUT2D eigenvalue weighted by Gasteiger charge is 2.05. The molecule has 1 N–H and O–H groups in total. The summed E-state index contributed by atoms with van der Waals surface area (Å²) >= 11 is 2.27. The lowest BCUT2D eigenvalue weighted by Crippen LogP contribution is -2.18. The Labute approximate surface area is 105 Å². The van der Waals surface area contributed by atoms with E-state index in [-0.39, 0.29) is 0 Å². The molecule has 0 heterocycles. The number of rotatable bonds is 6. The molecule has 84 valence electrons. The topological polar surface area (TPSA) is 29.5 Å². The summed E-state index contributed by atoms with van der Waals surface area (Å²) in [6.07, 6.45) is 1.27. The fourth-order valence-corrected chi connectivity index (χ4v) is 1.67. The molecule has 0 aliphatic carbocycles. The van der Waals surface area contributed by atoms with Crippen LogP contribution in [0, 0.1) is 3.57 Å². The van der Waals surface area contributed by atoms with Crippen molar-refractivity contribution in [3.05, 3.63) is 33.4 Å². The van der Waals surface area contributed by atoms with E-state index in [1.807, 2.05) is 12.1 Å². The maximum atomic E-state index is 9.67. The van der Waals surface area contributed by atoms with Crippen LogP contribution in [0.2, 0.25) is 0 Å². The van der Waals surface area contributed by atoms with Gasteiger partial charge in [-0.2, -0.15) is 0 Å². The molecule has 0 aliphatic rings. The minimum Gasteiger partial charge on any atom is -0.390 e. The first-order valence-electron chi connectivity index (χ1n) is 5.22. The molecule has 0 aliphatic heterocycles. The molecule has 15 heavy (non-hydrogen) atoms. The average molecular weight is 320 g/mol. The third-order valence-electron chi connectivity index (χ3n) is 2.04. The summed E-state index contributed by atoms with van der Waals surface area (Å²) in [7, 11) is 0. The van der Waals surface area contributed by atoms with Crippen molar-refractivity contribution in [2.75, 3.05) is 13.2 Å². The van der Waals surface area contributed by atoms with Crippen LogP contribution in [0.5, 0.6) is 0 Å². The molecule has 0 saturated carbocycles. The molecule has 0 radical (unpaired) electrons. The molecule has 1 aromatic rings. The van der Waals surface area contributed by atoms with Crippen molar-refractivity contribution < 1.29 is 9.84 Å². The van der Waals surface area contributed by atoms with Gasteiger partial charge in [0, 0.05) is 16.6 Å². The highest BCUT2D eigenvalue weighted by Crippen LogP contribution is 2.09. The van der Waals surface area contributed by atoms with Gasteiger partial charge in [-0.3, -0.25) is 0 Å². The number of aliphatic hydroxyl groups is 1. The van der Waals surface area contributed by atoms with E-state index in [0.29, 0.717) is 13.0 Å². The minimum atomic E-state index is -0.392. The van der Waals surface area contributed by atoms with Gasteiger partial charge in [0.1, 0.15) is 0 Å². The van der Waals surface area contributed by atoms with Gasteiger partial charge in [0.2, 0.25) is 0 Å². The maximum absolute atomic E-state index is 9.67. The summed E-state index contributed by atoms with van der Waals surface area (Å²) in [5, 5.41) is 9.67. The van der Waals surface area contributed by atoms with Gasteiger partial charge in [-0.05, 0) is 46.7 Å². The SMILES string of the molecule is CCCOCC(O)Cc1ccc(I)cc1. The molecule has 0 fully saturated rings. The summed E-state index contributed by atoms with van der Waals surface area (Å²) in [4.78, 5) is 0. The summed E-state index contributed by atoms with van der Waals surface area (Å²) in [5.41, 5.74) is 1.16. The first-order valence-corrected chi connectivity index (χ1v) is 6.30. The van der Waals surface area contributed by atoms with Crippen LogP contribution in [-0.2, 0) is 11.2 Å². The molecule has 2 nitrogen and oxygen atoms in total. The molecule has 0 bridgehead atoms. The van der Waals surface area contributed by atoms with Crippen LogP contribution in [-0.4, -0.2) is 24.4 Å². The largest absolute Gasteiger partial charge is 0.390 e. The standard InChI is InChI=1S/C12H17IO2/c1-2-7-15-9-12(14)8-10-3-5-11(13)6-4-10/h3-6,12,14H,2,7-9H2,1H3. The highest BCUT2D eigenvalue weighted by molar-refractivity contribution is 14.1. The van der Waals surface area contributed by atoms with Crippen molar-refractivity contribution in [2.24, 2.45) is 0 Å². The zero-order valence-electron chi connectivity index (χ0n) is 8.95. The highest BCUT2D eigenvalue weighted by atomic mass is 127. The second-order valence-corrected chi connectivity index (χ2v) is 4.80. The van der Waals surface area contributed by atoms with E-state index in [2.05, 4.69) is 41.6 Å². The Balaban J connectivity index is 2.31. The van der Waals surface area contributed by atoms with Crippen molar-refractivity contribution in [3.63, 3.8) is 0 Å². The Morgan fingerprint density at radius 3 is 2.60 bits per heavy atom. The second-order valence-electron chi connectivity index (χ2n) is 3.56. The van der Waals surface area contributed by atoms with Crippen molar-refractivity contribution in [3.8, 4) is 0 Å². The van der Waals surface area contributed by atoms with Gasteiger partial charge >= 0.3 is 0 Å². The molecule has 1 aromatic carbocycles. The second kappa shape index (κ2) is 7.19. The van der Waals surface area contributed by atoms with Gasteiger partial charge < -0.3 is 9.84 Å². The van der Waals surface area contributed by atoms with E-state index in [9.17, 15) is 5.11 Å². The van der Waals surface area contributed by atoms with Crippen LogP contribution < -0.4 is 0 Å². The Kier molecular flexibility index (Phi) is 6.20. The summed E-state index contributed by atoms with van der Waals surface area (Å²) in [6.45, 7) is 3.22. The van der Waals surface area contributed by atoms with Gasteiger partial charge in [0.15, 0.2) is 0 Å². The first-order chi connectivity index (χ1) is 7.22. The predicted octanol–water partition coefficient (Wildman–Crippen LogP) is 2.62. The van der Waals surface area contributed by atoms with Crippen molar-refractivity contribution >= 4 is 22.6 Å². The number of hydrogen-bond donors (Lipinski definition) is 1. The monoisotopic (exact) mass is 320 g/mol. The number of ether oxygens (including phenoxy) is 1. The van der Waals surface area contributed by atoms with Crippen LogP contribution in [0.15, 0.2) is 24.3 Å². The summed E-state index contributed by atoms with van der Waals surface area (Å²) in [6, 6.07) is 8.20. The van der Waals surface area contributed by atoms with Crippen LogP contribution in [0.1, 0.15) is 18.9 Å². The number of benzene rings is 1. The number of aliphatic hydroxyl groups excluding tert-OH is 1. The predicted molar refractivity (Wildman–Crippen MR) is 70.0 cm³/mol. The van der Waals surface area contributed by atoms with E-state index in [4.69, 9.17) is 4.74 Å². The van der Waals surface area contributed by atoms with Crippen LogP contribution in [0.3, 0.4) is 0 Å². The van der Waals surface area contributed by atoms with Gasteiger partial charge in [-0.15, -0.1) is 0 Å². The first kappa shape index (κ1) is 12.9. The quantitative estimate of drug-likeness (QED) is 0.645. The molecule has 1 atom stereocenters. The number of hydrogen-bond acceptors (Lipinski definition) is 2. The Morgan fingerprint density at radius 1 is 1.33 bits per heavy atom. The molecular formula is C12H17IO2. The molecule has 0 aromatic heterocycles. The van der Waals surface area contributed by atoms with Crippen LogP contribution in [0.4, 0.5) is 0 Å². The van der Waals surface area contributed by atoms with E-state index in [1.54, 1.807) is 0 Å². The molecule has 1 unspecified atom stereocenters. The molecular weight excluding hydrogens is 303 g/mol. The van der Waals surface area contributed by atoms with Crippen molar-refractivity contribution in [1.82, 2.24) is 0 Å². The molecule has 3 heteroatoms. The van der Waals surface area contributed by atoms with E-state index in [1.165, 1.54) is 3.57 Å². The van der Waals surface area contributed by atoms with E-state index >= 15 is 0 Å². The fraction of sp³-hybridized carbons (Fsp3) is 0.500. The third kappa shape index (κ3) is 5.49. The lowest BCUT2D eigenvalue weighted by Gasteiger charge is -2.10. The Bertz CT molecular complexity index is 271. The normalized spacial score (nSPS) is 12.7. The fourth-order valence-electron chi connectivity index (χ4n) is 1.32. The third-order valence-corrected chi connectivity index (χ3v) is 2.76. The van der Waals surface area contributed by atoms with Gasteiger partial charge in [-0.25, -0.2) is 0 Å². The Morgan fingerprint density at radius 2 is 2.00 bits per heavy atom. The van der Waals surface area contributed by atoms with Crippen molar-refractivity contribution in [1.29, 1.82) is 0 Å².